The van der Waals surface area contributed by atoms with Crippen LogP contribution in [0.15, 0.2) is 10.3 Å². The normalized spacial score (nSPS) is 19.1. The molecule has 21 heavy (non-hydrogen) atoms. The summed E-state index contributed by atoms with van der Waals surface area (Å²) in [6.07, 6.45) is 4.23. The number of hydrogen-bond donors (Lipinski definition) is 0. The number of nitrogens with zero attached hydrogens (tertiary/aromatic N) is 2. The SMILES string of the molecule is O=[N+]([O-])c1cc(S(=O)(=O)N(CC2CC2)CC2CC2)sc1Cl. The molecular formula is C12H15ClN2O4S2. The fourth-order valence-electron chi connectivity index (χ4n) is 2.16. The first-order valence-corrected chi connectivity index (χ1v) is 9.45. The maximum absolute atomic E-state index is 12.7. The molecule has 0 saturated heterocycles. The lowest BCUT2D eigenvalue weighted by Crippen LogP contribution is -2.34. The first-order valence-electron chi connectivity index (χ1n) is 6.82. The van der Waals surface area contributed by atoms with E-state index in [9.17, 15) is 18.5 Å². The first kappa shape index (κ1) is 15.2. The molecule has 6 nitrogen and oxygen atoms in total. The average Bonchev–Trinajstić information content (AvgIpc) is 3.30. The van der Waals surface area contributed by atoms with E-state index in [2.05, 4.69) is 0 Å². The van der Waals surface area contributed by atoms with E-state index in [1.54, 1.807) is 0 Å². The molecule has 0 N–H and O–H groups in total. The Balaban J connectivity index is 1.88. The van der Waals surface area contributed by atoms with E-state index in [1.807, 2.05) is 0 Å². The van der Waals surface area contributed by atoms with Crippen molar-refractivity contribution in [2.24, 2.45) is 11.8 Å². The Kier molecular flexibility index (Phi) is 3.98. The molecule has 2 fully saturated rings. The number of nitro groups is 1. The molecule has 0 radical (unpaired) electrons. The first-order chi connectivity index (χ1) is 9.88. The van der Waals surface area contributed by atoms with Gasteiger partial charge in [0.1, 0.15) is 4.21 Å². The van der Waals surface area contributed by atoms with E-state index < -0.39 is 14.9 Å². The van der Waals surface area contributed by atoms with Gasteiger partial charge in [0.05, 0.1) is 4.92 Å². The standard InChI is InChI=1S/C12H15ClN2O4S2/c13-12-10(15(16)17)5-11(20-12)21(18,19)14(6-8-1-2-8)7-9-3-4-9/h5,8-9H,1-4,6-7H2. The van der Waals surface area contributed by atoms with Crippen molar-refractivity contribution in [3.8, 4) is 0 Å². The van der Waals surface area contributed by atoms with Crippen LogP contribution in [0.3, 0.4) is 0 Å². The van der Waals surface area contributed by atoms with Gasteiger partial charge in [0, 0.05) is 19.2 Å². The molecule has 0 aliphatic heterocycles. The minimum absolute atomic E-state index is 0.0273. The lowest BCUT2D eigenvalue weighted by molar-refractivity contribution is -0.384. The minimum Gasteiger partial charge on any atom is -0.258 e. The van der Waals surface area contributed by atoms with Gasteiger partial charge in [-0.15, -0.1) is 11.3 Å². The predicted octanol–water partition coefficient (Wildman–Crippen LogP) is 3.12. The molecule has 2 aliphatic rings. The molecule has 1 aromatic rings. The number of sulfonamides is 1. The van der Waals surface area contributed by atoms with E-state index in [1.165, 1.54) is 4.31 Å². The van der Waals surface area contributed by atoms with Gasteiger partial charge in [0.25, 0.3) is 15.7 Å². The number of rotatable bonds is 7. The van der Waals surface area contributed by atoms with Gasteiger partial charge in [-0.05, 0) is 37.5 Å². The molecule has 9 heteroatoms. The summed E-state index contributed by atoms with van der Waals surface area (Å²) in [6.45, 7) is 1.03. The number of thiophene rings is 1. The van der Waals surface area contributed by atoms with Crippen LogP contribution in [0.4, 0.5) is 5.69 Å². The van der Waals surface area contributed by atoms with E-state index in [0.29, 0.717) is 24.9 Å². The third-order valence-electron chi connectivity index (χ3n) is 3.75. The molecular weight excluding hydrogens is 336 g/mol. The van der Waals surface area contributed by atoms with Crippen LogP contribution in [0.25, 0.3) is 0 Å². The molecule has 0 bridgehead atoms. The van der Waals surface area contributed by atoms with Crippen LogP contribution in [0.2, 0.25) is 4.34 Å². The van der Waals surface area contributed by atoms with Crippen LogP contribution < -0.4 is 0 Å². The average molecular weight is 351 g/mol. The monoisotopic (exact) mass is 350 g/mol. The summed E-state index contributed by atoms with van der Waals surface area (Å²) in [5.74, 6) is 0.868. The highest BCUT2D eigenvalue weighted by Gasteiger charge is 2.37. The molecule has 0 unspecified atom stereocenters. The summed E-state index contributed by atoms with van der Waals surface area (Å²) >= 11 is 6.55. The lowest BCUT2D eigenvalue weighted by atomic mass is 10.4. The van der Waals surface area contributed by atoms with Gasteiger partial charge in [-0.3, -0.25) is 10.1 Å². The second kappa shape index (κ2) is 5.49. The van der Waals surface area contributed by atoms with Crippen LogP contribution in [0.5, 0.6) is 0 Å². The van der Waals surface area contributed by atoms with Crippen molar-refractivity contribution >= 4 is 38.6 Å². The van der Waals surface area contributed by atoms with Crippen molar-refractivity contribution in [3.05, 3.63) is 20.5 Å². The Morgan fingerprint density at radius 1 is 1.29 bits per heavy atom. The lowest BCUT2D eigenvalue weighted by Gasteiger charge is -2.20. The fraction of sp³-hybridized carbons (Fsp3) is 0.667. The van der Waals surface area contributed by atoms with Crippen LogP contribution in [-0.2, 0) is 10.0 Å². The maximum atomic E-state index is 12.7. The zero-order chi connectivity index (χ0) is 15.2. The Bertz CT molecular complexity index is 651. The third-order valence-corrected chi connectivity index (χ3v) is 7.37. The molecule has 1 heterocycles. The van der Waals surface area contributed by atoms with Gasteiger partial charge in [0.2, 0.25) is 0 Å². The quantitative estimate of drug-likeness (QED) is 0.559. The summed E-state index contributed by atoms with van der Waals surface area (Å²) in [5.41, 5.74) is -0.335. The molecule has 2 saturated carbocycles. The highest BCUT2D eigenvalue weighted by Crippen LogP contribution is 2.40. The van der Waals surface area contributed by atoms with Crippen molar-refractivity contribution in [2.45, 2.75) is 29.9 Å². The topological polar surface area (TPSA) is 80.5 Å². The maximum Gasteiger partial charge on any atom is 0.300 e. The predicted molar refractivity (Wildman–Crippen MR) is 80.2 cm³/mol. The Hall–Kier alpha value is -0.700. The molecule has 0 spiro atoms. The van der Waals surface area contributed by atoms with Gasteiger partial charge in [-0.2, -0.15) is 4.31 Å². The summed E-state index contributed by atoms with van der Waals surface area (Å²) in [4.78, 5) is 10.2. The van der Waals surface area contributed by atoms with Crippen molar-refractivity contribution < 1.29 is 13.3 Å². The van der Waals surface area contributed by atoms with Crippen LogP contribution in [-0.4, -0.2) is 30.7 Å². The van der Waals surface area contributed by atoms with Crippen molar-refractivity contribution in [3.63, 3.8) is 0 Å². The summed E-state index contributed by atoms with van der Waals surface area (Å²) in [5, 5.41) is 10.8. The van der Waals surface area contributed by atoms with Crippen molar-refractivity contribution in [1.29, 1.82) is 0 Å². The molecule has 3 rings (SSSR count). The molecule has 1 aromatic heterocycles. The second-order valence-corrected chi connectivity index (χ2v) is 9.51. The van der Waals surface area contributed by atoms with Crippen molar-refractivity contribution in [2.75, 3.05) is 13.1 Å². The third kappa shape index (κ3) is 3.39. The summed E-state index contributed by atoms with van der Waals surface area (Å²) < 4.78 is 26.8. The molecule has 0 aromatic carbocycles. The molecule has 0 amide bonds. The van der Waals surface area contributed by atoms with Gasteiger partial charge < -0.3 is 0 Å². The summed E-state index contributed by atoms with van der Waals surface area (Å²) in [7, 11) is -3.68. The van der Waals surface area contributed by atoms with E-state index in [0.717, 1.165) is 43.1 Å². The second-order valence-electron chi connectivity index (χ2n) is 5.69. The minimum atomic E-state index is -3.68. The smallest absolute Gasteiger partial charge is 0.258 e. The van der Waals surface area contributed by atoms with Gasteiger partial charge in [-0.25, -0.2) is 8.42 Å². The van der Waals surface area contributed by atoms with Crippen molar-refractivity contribution in [1.82, 2.24) is 4.31 Å². The van der Waals surface area contributed by atoms with Crippen LogP contribution >= 0.6 is 22.9 Å². The molecule has 2 aliphatic carbocycles. The zero-order valence-corrected chi connectivity index (χ0v) is 13.6. The van der Waals surface area contributed by atoms with Gasteiger partial charge >= 0.3 is 0 Å². The summed E-state index contributed by atoms with van der Waals surface area (Å²) in [6, 6.07) is 1.08. The number of halogens is 1. The highest BCUT2D eigenvalue weighted by atomic mass is 35.5. The van der Waals surface area contributed by atoms with Gasteiger partial charge in [0.15, 0.2) is 4.34 Å². The van der Waals surface area contributed by atoms with E-state index >= 15 is 0 Å². The van der Waals surface area contributed by atoms with E-state index in [-0.39, 0.29) is 14.2 Å². The zero-order valence-electron chi connectivity index (χ0n) is 11.2. The van der Waals surface area contributed by atoms with Crippen LogP contribution in [0, 0.1) is 22.0 Å². The van der Waals surface area contributed by atoms with E-state index in [4.69, 9.17) is 11.6 Å². The largest absolute Gasteiger partial charge is 0.300 e. The highest BCUT2D eigenvalue weighted by molar-refractivity contribution is 7.91. The Labute approximate surface area is 131 Å². The molecule has 116 valence electrons. The fourth-order valence-corrected chi connectivity index (χ4v) is 5.58. The Morgan fingerprint density at radius 2 is 1.81 bits per heavy atom. The molecule has 0 atom stereocenters. The number of hydrogen-bond acceptors (Lipinski definition) is 5. The Morgan fingerprint density at radius 3 is 2.19 bits per heavy atom. The van der Waals surface area contributed by atoms with Gasteiger partial charge in [-0.1, -0.05) is 11.6 Å². The van der Waals surface area contributed by atoms with Crippen LogP contribution in [0.1, 0.15) is 25.7 Å².